The third-order valence-electron chi connectivity index (χ3n) is 3.78. The molecule has 1 fully saturated rings. The number of aromatic nitrogens is 4. The van der Waals surface area contributed by atoms with Crippen LogP contribution in [0.1, 0.15) is 0 Å². The van der Waals surface area contributed by atoms with Crippen molar-refractivity contribution in [2.45, 2.75) is 0 Å². The van der Waals surface area contributed by atoms with E-state index in [2.05, 4.69) is 20.2 Å². The standard InChI is InChI=1S/C14H13ClN6OS/c15-10-1-2-11-12(9-10)23-13(17-11)19-5-7-20(8-6-19)14(22)21-4-3-16-18-21/h1-4,9H,5-8H2. The third-order valence-corrected chi connectivity index (χ3v) is 5.09. The second-order valence-electron chi connectivity index (χ2n) is 5.21. The van der Waals surface area contributed by atoms with Crippen LogP contribution in [0.4, 0.5) is 9.93 Å². The van der Waals surface area contributed by atoms with Crippen LogP contribution in [0.5, 0.6) is 0 Å². The van der Waals surface area contributed by atoms with Gasteiger partial charge >= 0.3 is 6.03 Å². The number of benzene rings is 1. The first-order chi connectivity index (χ1) is 11.2. The van der Waals surface area contributed by atoms with Crippen LogP contribution in [0.2, 0.25) is 5.02 Å². The lowest BCUT2D eigenvalue weighted by Gasteiger charge is -2.34. The zero-order valence-corrected chi connectivity index (χ0v) is 13.7. The van der Waals surface area contributed by atoms with Gasteiger partial charge in [0.1, 0.15) is 0 Å². The van der Waals surface area contributed by atoms with Crippen LogP contribution in [0.25, 0.3) is 10.2 Å². The van der Waals surface area contributed by atoms with Crippen LogP contribution in [0, 0.1) is 0 Å². The van der Waals surface area contributed by atoms with Crippen LogP contribution in [-0.4, -0.2) is 57.1 Å². The van der Waals surface area contributed by atoms with Crippen molar-refractivity contribution >= 4 is 44.3 Å². The Morgan fingerprint density at radius 1 is 1.22 bits per heavy atom. The molecule has 0 N–H and O–H groups in total. The molecule has 7 nitrogen and oxygen atoms in total. The molecule has 1 aliphatic heterocycles. The number of carbonyl (C=O) groups is 1. The number of halogens is 1. The molecule has 3 aromatic rings. The predicted octanol–water partition coefficient (Wildman–Crippen LogP) is 2.33. The normalized spacial score (nSPS) is 15.3. The lowest BCUT2D eigenvalue weighted by Crippen LogP contribution is -2.50. The molecule has 0 radical (unpaired) electrons. The molecular formula is C14H13ClN6OS. The summed E-state index contributed by atoms with van der Waals surface area (Å²) in [6.07, 6.45) is 3.06. The minimum absolute atomic E-state index is 0.141. The first kappa shape index (κ1) is 14.4. The molecular weight excluding hydrogens is 336 g/mol. The smallest absolute Gasteiger partial charge is 0.345 e. The van der Waals surface area contributed by atoms with Gasteiger partial charge in [-0.25, -0.2) is 9.78 Å². The molecule has 4 rings (SSSR count). The van der Waals surface area contributed by atoms with Crippen LogP contribution in [0.15, 0.2) is 30.6 Å². The van der Waals surface area contributed by atoms with Crippen molar-refractivity contribution in [2.75, 3.05) is 31.1 Å². The van der Waals surface area contributed by atoms with Crippen molar-refractivity contribution in [1.82, 2.24) is 24.9 Å². The summed E-state index contributed by atoms with van der Waals surface area (Å²) in [6, 6.07) is 5.57. The molecule has 2 aromatic heterocycles. The average Bonchev–Trinajstić information content (AvgIpc) is 3.23. The lowest BCUT2D eigenvalue weighted by atomic mass is 10.3. The SMILES string of the molecule is O=C(N1CCN(c2nc3ccc(Cl)cc3s2)CC1)n1ccnn1. The van der Waals surface area contributed by atoms with E-state index in [0.717, 1.165) is 33.5 Å². The largest absolute Gasteiger partial charge is 0.346 e. The van der Waals surface area contributed by atoms with Gasteiger partial charge in [-0.15, -0.1) is 5.10 Å². The van der Waals surface area contributed by atoms with Gasteiger partial charge in [0, 0.05) is 31.2 Å². The Balaban J connectivity index is 1.47. The summed E-state index contributed by atoms with van der Waals surface area (Å²) >= 11 is 7.65. The van der Waals surface area contributed by atoms with E-state index in [1.165, 1.54) is 10.9 Å². The molecule has 1 aromatic carbocycles. The minimum Gasteiger partial charge on any atom is -0.345 e. The van der Waals surface area contributed by atoms with Crippen molar-refractivity contribution in [3.8, 4) is 0 Å². The number of fused-ring (bicyclic) bond motifs is 1. The van der Waals surface area contributed by atoms with Gasteiger partial charge in [-0.1, -0.05) is 28.2 Å². The number of anilines is 1. The Morgan fingerprint density at radius 2 is 2.04 bits per heavy atom. The monoisotopic (exact) mass is 348 g/mol. The van der Waals surface area contributed by atoms with Gasteiger partial charge in [-0.05, 0) is 18.2 Å². The molecule has 0 atom stereocenters. The molecule has 0 spiro atoms. The van der Waals surface area contributed by atoms with Crippen LogP contribution < -0.4 is 4.90 Å². The molecule has 1 aliphatic rings. The molecule has 0 unspecified atom stereocenters. The number of amides is 1. The fraction of sp³-hybridized carbons (Fsp3) is 0.286. The summed E-state index contributed by atoms with van der Waals surface area (Å²) in [6.45, 7) is 2.76. The molecule has 0 bridgehead atoms. The van der Waals surface area contributed by atoms with Gasteiger partial charge < -0.3 is 9.80 Å². The molecule has 1 amide bonds. The van der Waals surface area contributed by atoms with E-state index in [-0.39, 0.29) is 6.03 Å². The zero-order valence-electron chi connectivity index (χ0n) is 12.1. The Bertz CT molecular complexity index is 840. The van der Waals surface area contributed by atoms with Crippen LogP contribution >= 0.6 is 22.9 Å². The average molecular weight is 349 g/mol. The van der Waals surface area contributed by atoms with Crippen LogP contribution in [0.3, 0.4) is 0 Å². The van der Waals surface area contributed by atoms with Crippen molar-refractivity contribution in [2.24, 2.45) is 0 Å². The summed E-state index contributed by atoms with van der Waals surface area (Å²) in [5, 5.41) is 9.10. The molecule has 23 heavy (non-hydrogen) atoms. The Morgan fingerprint density at radius 3 is 2.78 bits per heavy atom. The maximum atomic E-state index is 12.2. The van der Waals surface area contributed by atoms with E-state index in [9.17, 15) is 4.79 Å². The van der Waals surface area contributed by atoms with Crippen molar-refractivity contribution in [3.05, 3.63) is 35.6 Å². The van der Waals surface area contributed by atoms with E-state index < -0.39 is 0 Å². The molecule has 9 heteroatoms. The van der Waals surface area contributed by atoms with Gasteiger partial charge in [0.25, 0.3) is 0 Å². The molecule has 1 saturated heterocycles. The summed E-state index contributed by atoms with van der Waals surface area (Å²) in [4.78, 5) is 20.8. The first-order valence-corrected chi connectivity index (χ1v) is 8.37. The predicted molar refractivity (Wildman–Crippen MR) is 89.2 cm³/mol. The summed E-state index contributed by atoms with van der Waals surface area (Å²) in [5.74, 6) is 0. The first-order valence-electron chi connectivity index (χ1n) is 7.17. The van der Waals surface area contributed by atoms with Gasteiger partial charge in [0.05, 0.1) is 22.6 Å². The fourth-order valence-corrected chi connectivity index (χ4v) is 3.86. The van der Waals surface area contributed by atoms with Crippen molar-refractivity contribution in [1.29, 1.82) is 0 Å². The Hall–Kier alpha value is -2.19. The number of hydrogen-bond donors (Lipinski definition) is 0. The number of carbonyl (C=O) groups excluding carboxylic acids is 1. The van der Waals surface area contributed by atoms with Gasteiger partial charge in [0.2, 0.25) is 0 Å². The second kappa shape index (κ2) is 5.78. The highest BCUT2D eigenvalue weighted by atomic mass is 35.5. The summed E-state index contributed by atoms with van der Waals surface area (Å²) < 4.78 is 2.34. The molecule has 3 heterocycles. The number of nitrogens with zero attached hydrogens (tertiary/aromatic N) is 6. The quantitative estimate of drug-likeness (QED) is 0.675. The molecule has 0 saturated carbocycles. The second-order valence-corrected chi connectivity index (χ2v) is 6.66. The fourth-order valence-electron chi connectivity index (χ4n) is 2.57. The van der Waals surface area contributed by atoms with E-state index in [1.54, 1.807) is 22.4 Å². The Labute approximate surface area is 141 Å². The molecule has 0 aliphatic carbocycles. The van der Waals surface area contributed by atoms with Crippen molar-refractivity contribution < 1.29 is 4.79 Å². The van der Waals surface area contributed by atoms with E-state index in [4.69, 9.17) is 11.6 Å². The van der Waals surface area contributed by atoms with Gasteiger partial charge in [-0.3, -0.25) is 0 Å². The summed E-state index contributed by atoms with van der Waals surface area (Å²) in [7, 11) is 0. The molecule has 118 valence electrons. The van der Waals surface area contributed by atoms with E-state index >= 15 is 0 Å². The topological polar surface area (TPSA) is 67.2 Å². The maximum absolute atomic E-state index is 12.2. The van der Waals surface area contributed by atoms with E-state index in [0.29, 0.717) is 13.1 Å². The minimum atomic E-state index is -0.141. The Kier molecular flexibility index (Phi) is 3.62. The summed E-state index contributed by atoms with van der Waals surface area (Å²) in [5.41, 5.74) is 0.954. The van der Waals surface area contributed by atoms with E-state index in [1.807, 2.05) is 18.2 Å². The maximum Gasteiger partial charge on any atom is 0.346 e. The highest BCUT2D eigenvalue weighted by Crippen LogP contribution is 2.31. The highest BCUT2D eigenvalue weighted by molar-refractivity contribution is 7.22. The van der Waals surface area contributed by atoms with Gasteiger partial charge in [-0.2, -0.15) is 4.68 Å². The number of piperazine rings is 1. The third kappa shape index (κ3) is 2.75. The lowest BCUT2D eigenvalue weighted by molar-refractivity contribution is 0.192. The van der Waals surface area contributed by atoms with Crippen molar-refractivity contribution in [3.63, 3.8) is 0 Å². The number of hydrogen-bond acceptors (Lipinski definition) is 6. The van der Waals surface area contributed by atoms with Crippen LogP contribution in [-0.2, 0) is 0 Å². The number of thiazole rings is 1. The number of rotatable bonds is 1. The highest BCUT2D eigenvalue weighted by Gasteiger charge is 2.24. The van der Waals surface area contributed by atoms with Gasteiger partial charge in [0.15, 0.2) is 5.13 Å². The zero-order chi connectivity index (χ0) is 15.8.